The zero-order valence-electron chi connectivity index (χ0n) is 18.9. The molecule has 11 heteroatoms. The van der Waals surface area contributed by atoms with E-state index >= 15 is 0 Å². The van der Waals surface area contributed by atoms with Crippen molar-refractivity contribution in [1.82, 2.24) is 0 Å². The number of carbonyl (C=O) groups excluding carboxylic acids is 2. The average molecular weight is 498 g/mol. The monoisotopic (exact) mass is 497 g/mol. The number of hydrogen-bond donors (Lipinski definition) is 1. The first-order valence-electron chi connectivity index (χ1n) is 9.99. The highest BCUT2D eigenvalue weighted by Crippen LogP contribution is 2.43. The number of ether oxygens (including phenoxy) is 4. The third-order valence-corrected chi connectivity index (χ3v) is 4.86. The molecule has 0 bridgehead atoms. The van der Waals surface area contributed by atoms with Crippen LogP contribution >= 0.6 is 23.2 Å². The molecule has 178 valence electrons. The van der Waals surface area contributed by atoms with Crippen LogP contribution in [0, 0.1) is 0 Å². The van der Waals surface area contributed by atoms with Crippen molar-refractivity contribution in [2.75, 3.05) is 32.8 Å². The number of ketones is 1. The van der Waals surface area contributed by atoms with Gasteiger partial charge in [0.25, 0.3) is 5.91 Å². The number of amides is 1. The Morgan fingerprint density at radius 3 is 2.06 bits per heavy atom. The Kier molecular flexibility index (Phi) is 9.74. The molecule has 2 aromatic rings. The molecule has 0 aliphatic rings. The first-order valence-corrected chi connectivity index (χ1v) is 10.7. The van der Waals surface area contributed by atoms with E-state index in [1.165, 1.54) is 33.3 Å². The largest absolute Gasteiger partial charge is 0.491 e. The molecule has 33 heavy (non-hydrogen) atoms. The van der Waals surface area contributed by atoms with Gasteiger partial charge in [-0.3, -0.25) is 9.59 Å². The summed E-state index contributed by atoms with van der Waals surface area (Å²) in [5, 5.41) is 11.3. The molecule has 0 fully saturated rings. The zero-order chi connectivity index (χ0) is 24.5. The van der Waals surface area contributed by atoms with Gasteiger partial charge in [-0.05, 0) is 45.0 Å². The number of nitrogens with zero attached hydrogens (tertiary/aromatic N) is 2. The van der Waals surface area contributed by atoms with Crippen LogP contribution in [0.3, 0.4) is 0 Å². The Labute approximate surface area is 202 Å². The van der Waals surface area contributed by atoms with E-state index in [-0.39, 0.29) is 28.6 Å². The third-order valence-electron chi connectivity index (χ3n) is 4.27. The van der Waals surface area contributed by atoms with Gasteiger partial charge in [0.05, 0.1) is 43.2 Å². The number of methoxy groups -OCH3 is 2. The first kappa shape index (κ1) is 26.2. The molecule has 1 atom stereocenters. The predicted molar refractivity (Wildman–Crippen MR) is 126 cm³/mol. The average Bonchev–Trinajstić information content (AvgIpc) is 2.78. The molecule has 2 rings (SSSR count). The lowest BCUT2D eigenvalue weighted by Crippen LogP contribution is -2.32. The minimum Gasteiger partial charge on any atom is -0.491 e. The first-order chi connectivity index (χ1) is 15.8. The lowest BCUT2D eigenvalue weighted by Gasteiger charge is -2.16. The zero-order valence-corrected chi connectivity index (χ0v) is 20.4. The number of azo groups is 1. The van der Waals surface area contributed by atoms with Crippen LogP contribution in [0.2, 0.25) is 10.0 Å². The molecule has 0 heterocycles. The molecule has 0 aliphatic carbocycles. The van der Waals surface area contributed by atoms with E-state index in [9.17, 15) is 9.59 Å². The second kappa shape index (κ2) is 12.3. The summed E-state index contributed by atoms with van der Waals surface area (Å²) in [5.41, 5.74) is 0.514. The highest BCUT2D eigenvalue weighted by Gasteiger charge is 2.26. The lowest BCUT2D eigenvalue weighted by molar-refractivity contribution is -0.126. The summed E-state index contributed by atoms with van der Waals surface area (Å²) >= 11 is 12.3. The Bertz CT molecular complexity index is 1050. The molecule has 1 amide bonds. The number of anilines is 1. The second-order valence-corrected chi connectivity index (χ2v) is 7.28. The van der Waals surface area contributed by atoms with Crippen molar-refractivity contribution < 1.29 is 28.5 Å². The molecule has 0 saturated carbocycles. The summed E-state index contributed by atoms with van der Waals surface area (Å²) in [6.45, 7) is 5.50. The number of nitrogens with one attached hydrogen (secondary N) is 1. The number of hydrogen-bond acceptors (Lipinski definition) is 8. The smallest absolute Gasteiger partial charge is 0.258 e. The normalized spacial score (nSPS) is 11.7. The van der Waals surface area contributed by atoms with Gasteiger partial charge in [-0.1, -0.05) is 23.2 Å². The standard InChI is InChI=1S/C22H25Cl2N3O6/c1-6-32-19-14(24)9-11-16(21(19)33-7-2)26-27-17(12(3)28)22(29)25-15-10-8-13(23)18(30-4)20(15)31-5/h8-11,17H,6-7H2,1-5H3,(H,25,29). The summed E-state index contributed by atoms with van der Waals surface area (Å²) in [6.07, 6.45) is 0. The third kappa shape index (κ3) is 6.27. The SMILES string of the molecule is CCOc1c(Cl)ccc(N=NC(C(C)=O)C(=O)Nc2ccc(Cl)c(OC)c2OC)c1OCC. The predicted octanol–water partition coefficient (Wildman–Crippen LogP) is 5.49. The quantitative estimate of drug-likeness (QED) is 0.324. The van der Waals surface area contributed by atoms with Gasteiger partial charge in [0.1, 0.15) is 5.69 Å². The van der Waals surface area contributed by atoms with Gasteiger partial charge in [0.15, 0.2) is 28.8 Å². The van der Waals surface area contributed by atoms with Crippen LogP contribution in [0.1, 0.15) is 20.8 Å². The second-order valence-electron chi connectivity index (χ2n) is 6.47. The van der Waals surface area contributed by atoms with E-state index in [1.54, 1.807) is 26.0 Å². The summed E-state index contributed by atoms with van der Waals surface area (Å²) < 4.78 is 21.7. The molecule has 1 unspecified atom stereocenters. The summed E-state index contributed by atoms with van der Waals surface area (Å²) in [6, 6.07) is 4.74. The van der Waals surface area contributed by atoms with Crippen molar-refractivity contribution in [3.63, 3.8) is 0 Å². The van der Waals surface area contributed by atoms with Crippen molar-refractivity contribution in [3.05, 3.63) is 34.3 Å². The van der Waals surface area contributed by atoms with Crippen molar-refractivity contribution >= 4 is 46.3 Å². The topological polar surface area (TPSA) is 108 Å². The van der Waals surface area contributed by atoms with Crippen LogP contribution in [0.4, 0.5) is 11.4 Å². The molecule has 1 N–H and O–H groups in total. The molecule has 0 aromatic heterocycles. The van der Waals surface area contributed by atoms with Crippen LogP contribution in [-0.4, -0.2) is 45.2 Å². The van der Waals surface area contributed by atoms with E-state index < -0.39 is 17.7 Å². The van der Waals surface area contributed by atoms with Crippen molar-refractivity contribution in [2.24, 2.45) is 10.2 Å². The summed E-state index contributed by atoms with van der Waals surface area (Å²) in [5.74, 6) is -0.222. The number of halogens is 2. The molecule has 0 saturated heterocycles. The van der Waals surface area contributed by atoms with Crippen LogP contribution in [-0.2, 0) is 9.59 Å². The Morgan fingerprint density at radius 1 is 0.909 bits per heavy atom. The summed E-state index contributed by atoms with van der Waals surface area (Å²) in [4.78, 5) is 25.1. The van der Waals surface area contributed by atoms with Crippen LogP contribution < -0.4 is 24.3 Å². The van der Waals surface area contributed by atoms with Gasteiger partial charge >= 0.3 is 0 Å². The van der Waals surface area contributed by atoms with Gasteiger partial charge in [-0.15, -0.1) is 0 Å². The lowest BCUT2D eigenvalue weighted by atomic mass is 10.2. The van der Waals surface area contributed by atoms with Gasteiger partial charge in [-0.25, -0.2) is 0 Å². The molecule has 2 aromatic carbocycles. The van der Waals surface area contributed by atoms with Crippen molar-refractivity contribution in [2.45, 2.75) is 26.8 Å². The van der Waals surface area contributed by atoms with Crippen LogP contribution in [0.5, 0.6) is 23.0 Å². The maximum Gasteiger partial charge on any atom is 0.258 e. The van der Waals surface area contributed by atoms with Gasteiger partial charge in [0, 0.05) is 0 Å². The van der Waals surface area contributed by atoms with E-state index in [0.717, 1.165) is 0 Å². The van der Waals surface area contributed by atoms with E-state index in [2.05, 4.69) is 15.5 Å². The minimum absolute atomic E-state index is 0.204. The van der Waals surface area contributed by atoms with E-state index in [4.69, 9.17) is 42.1 Å². The summed E-state index contributed by atoms with van der Waals surface area (Å²) in [7, 11) is 2.82. The highest BCUT2D eigenvalue weighted by atomic mass is 35.5. The maximum atomic E-state index is 12.9. The molecule has 0 radical (unpaired) electrons. The molecule has 0 spiro atoms. The van der Waals surface area contributed by atoms with Crippen molar-refractivity contribution in [1.29, 1.82) is 0 Å². The van der Waals surface area contributed by atoms with E-state index in [1.807, 2.05) is 0 Å². The maximum absolute atomic E-state index is 12.9. The molecular formula is C22H25Cl2N3O6. The van der Waals surface area contributed by atoms with Gasteiger partial charge in [-0.2, -0.15) is 10.2 Å². The van der Waals surface area contributed by atoms with Crippen molar-refractivity contribution in [3.8, 4) is 23.0 Å². The molecular weight excluding hydrogens is 473 g/mol. The Balaban J connectivity index is 2.39. The number of benzene rings is 2. The fraction of sp³-hybridized carbons (Fsp3) is 0.364. The highest BCUT2D eigenvalue weighted by molar-refractivity contribution is 6.33. The molecule has 9 nitrogen and oxygen atoms in total. The minimum atomic E-state index is -1.43. The fourth-order valence-electron chi connectivity index (χ4n) is 2.84. The molecule has 0 aliphatic heterocycles. The Morgan fingerprint density at radius 2 is 1.48 bits per heavy atom. The Hall–Kier alpha value is -3.04. The van der Waals surface area contributed by atoms with Crippen LogP contribution in [0.15, 0.2) is 34.5 Å². The van der Waals surface area contributed by atoms with Gasteiger partial charge < -0.3 is 24.3 Å². The van der Waals surface area contributed by atoms with E-state index in [0.29, 0.717) is 29.0 Å². The van der Waals surface area contributed by atoms with Crippen LogP contribution in [0.25, 0.3) is 0 Å². The number of rotatable bonds is 11. The van der Waals surface area contributed by atoms with Gasteiger partial charge in [0.2, 0.25) is 6.04 Å². The fourth-order valence-corrected chi connectivity index (χ4v) is 3.27. The number of Topliss-reactive ketones (excluding diaryl/α,β-unsaturated/α-hetero) is 1. The number of carbonyl (C=O) groups is 2.